The number of esters is 1. The van der Waals surface area contributed by atoms with E-state index in [1.54, 1.807) is 18.2 Å². The molecule has 0 unspecified atom stereocenters. The monoisotopic (exact) mass is 307 g/mol. The van der Waals surface area contributed by atoms with Gasteiger partial charge in [-0.25, -0.2) is 4.79 Å². The molecule has 23 heavy (non-hydrogen) atoms. The highest BCUT2D eigenvalue weighted by atomic mass is 16.5. The minimum atomic E-state index is -0.436. The lowest BCUT2D eigenvalue weighted by Gasteiger charge is -2.06. The van der Waals surface area contributed by atoms with Crippen molar-refractivity contribution >= 4 is 16.9 Å². The molecule has 0 atom stereocenters. The van der Waals surface area contributed by atoms with Gasteiger partial charge in [0.2, 0.25) is 0 Å². The Bertz CT molecular complexity index is 923. The molecule has 0 aliphatic rings. The molecule has 116 valence electrons. The molecule has 0 spiro atoms. The number of aryl methyl sites for hydroxylation is 2. The van der Waals surface area contributed by atoms with Crippen molar-refractivity contribution in [3.05, 3.63) is 81.1 Å². The number of carbonyl (C=O) groups excluding carboxylic acids is 1. The summed E-state index contributed by atoms with van der Waals surface area (Å²) in [5, 5.41) is 0.922. The van der Waals surface area contributed by atoms with Crippen LogP contribution in [0.2, 0.25) is 0 Å². The van der Waals surface area contributed by atoms with E-state index in [9.17, 15) is 9.59 Å². The first-order valence-electron chi connectivity index (χ1n) is 7.39. The zero-order valence-electron chi connectivity index (χ0n) is 13.1. The van der Waals surface area contributed by atoms with Crippen molar-refractivity contribution in [1.29, 1.82) is 0 Å². The molecule has 0 bridgehead atoms. The molecule has 4 heteroatoms. The number of nitrogens with one attached hydrogen (secondary N) is 1. The molecule has 1 aromatic heterocycles. The van der Waals surface area contributed by atoms with E-state index < -0.39 is 5.97 Å². The van der Waals surface area contributed by atoms with Gasteiger partial charge in [-0.2, -0.15) is 0 Å². The number of ether oxygens (including phenoxy) is 1. The second-order valence-corrected chi connectivity index (χ2v) is 5.66. The topological polar surface area (TPSA) is 59.2 Å². The van der Waals surface area contributed by atoms with E-state index in [0.29, 0.717) is 11.1 Å². The minimum Gasteiger partial charge on any atom is -0.457 e. The number of hydrogen-bond acceptors (Lipinski definition) is 3. The molecule has 3 rings (SSSR count). The summed E-state index contributed by atoms with van der Waals surface area (Å²) in [6.07, 6.45) is 0. The summed E-state index contributed by atoms with van der Waals surface area (Å²) in [7, 11) is 0. The standard InChI is InChI=1S/C19H17NO3/c1-12-3-6-14(7-4-12)19(22)23-11-16-10-15-9-13(2)5-8-17(15)20-18(16)21/h3-10H,11H2,1-2H3,(H,20,21). The molecule has 0 amide bonds. The Morgan fingerprint density at radius 2 is 1.70 bits per heavy atom. The van der Waals surface area contributed by atoms with Crippen LogP contribution in [0.1, 0.15) is 27.0 Å². The molecule has 2 aromatic carbocycles. The van der Waals surface area contributed by atoms with Gasteiger partial charge in [-0.3, -0.25) is 4.79 Å². The Balaban J connectivity index is 1.81. The maximum absolute atomic E-state index is 12.1. The third-order valence-electron chi connectivity index (χ3n) is 3.72. The van der Waals surface area contributed by atoms with Gasteiger partial charge < -0.3 is 9.72 Å². The molecule has 4 nitrogen and oxygen atoms in total. The summed E-state index contributed by atoms with van der Waals surface area (Å²) in [6.45, 7) is 3.89. The van der Waals surface area contributed by atoms with Gasteiger partial charge in [-0.15, -0.1) is 0 Å². The molecule has 0 aliphatic carbocycles. The third kappa shape index (κ3) is 3.31. The van der Waals surface area contributed by atoms with E-state index in [2.05, 4.69) is 4.98 Å². The van der Waals surface area contributed by atoms with Crippen molar-refractivity contribution in [2.45, 2.75) is 20.5 Å². The molecule has 1 N–H and O–H groups in total. The number of aromatic amines is 1. The number of H-pyrrole nitrogens is 1. The molecule has 0 aliphatic heterocycles. The first kappa shape index (κ1) is 15.0. The highest BCUT2D eigenvalue weighted by Gasteiger charge is 2.09. The van der Waals surface area contributed by atoms with Crippen molar-refractivity contribution in [3.63, 3.8) is 0 Å². The Hall–Kier alpha value is -2.88. The minimum absolute atomic E-state index is 0.0497. The fourth-order valence-corrected chi connectivity index (χ4v) is 2.39. The van der Waals surface area contributed by atoms with Crippen molar-refractivity contribution in [3.8, 4) is 0 Å². The fraction of sp³-hybridized carbons (Fsp3) is 0.158. The SMILES string of the molecule is Cc1ccc(C(=O)OCc2cc3cc(C)ccc3[nH]c2=O)cc1. The van der Waals surface area contributed by atoms with Crippen molar-refractivity contribution in [2.24, 2.45) is 0 Å². The van der Waals surface area contributed by atoms with Crippen LogP contribution < -0.4 is 5.56 Å². The van der Waals surface area contributed by atoms with Crippen molar-refractivity contribution in [1.82, 2.24) is 4.98 Å². The van der Waals surface area contributed by atoms with Crippen molar-refractivity contribution in [2.75, 3.05) is 0 Å². The summed E-state index contributed by atoms with van der Waals surface area (Å²) in [4.78, 5) is 26.9. The van der Waals surface area contributed by atoms with Crippen LogP contribution in [-0.2, 0) is 11.3 Å². The molecule has 0 fully saturated rings. The van der Waals surface area contributed by atoms with Gasteiger partial charge >= 0.3 is 5.97 Å². The lowest BCUT2D eigenvalue weighted by Crippen LogP contribution is -2.15. The maximum atomic E-state index is 12.1. The number of fused-ring (bicyclic) bond motifs is 1. The highest BCUT2D eigenvalue weighted by molar-refractivity contribution is 5.89. The average Bonchev–Trinajstić information content (AvgIpc) is 2.53. The van der Waals surface area contributed by atoms with Crippen LogP contribution >= 0.6 is 0 Å². The number of pyridine rings is 1. The van der Waals surface area contributed by atoms with Gasteiger partial charge in [-0.1, -0.05) is 29.3 Å². The number of hydrogen-bond donors (Lipinski definition) is 1. The van der Waals surface area contributed by atoms with Gasteiger partial charge in [0, 0.05) is 5.52 Å². The molecule has 0 radical (unpaired) electrons. The molecular formula is C19H17NO3. The Labute approximate surface area is 133 Å². The zero-order chi connectivity index (χ0) is 16.4. The van der Waals surface area contributed by atoms with Gasteiger partial charge in [0.25, 0.3) is 5.56 Å². The largest absolute Gasteiger partial charge is 0.457 e. The van der Waals surface area contributed by atoms with Gasteiger partial charge in [-0.05, 0) is 49.6 Å². The Morgan fingerprint density at radius 1 is 1.00 bits per heavy atom. The number of carbonyl (C=O) groups is 1. The van der Waals surface area contributed by atoms with Gasteiger partial charge in [0.15, 0.2) is 0 Å². The Morgan fingerprint density at radius 3 is 2.43 bits per heavy atom. The summed E-state index contributed by atoms with van der Waals surface area (Å²) in [6, 6.07) is 14.7. The van der Waals surface area contributed by atoms with Crippen LogP contribution in [0.3, 0.4) is 0 Å². The van der Waals surface area contributed by atoms with Crippen LogP contribution in [0, 0.1) is 13.8 Å². The highest BCUT2D eigenvalue weighted by Crippen LogP contribution is 2.14. The molecule has 0 saturated carbocycles. The predicted octanol–water partition coefficient (Wildman–Crippen LogP) is 3.50. The first-order valence-corrected chi connectivity index (χ1v) is 7.39. The summed E-state index contributed by atoms with van der Waals surface area (Å²) >= 11 is 0. The lowest BCUT2D eigenvalue weighted by atomic mass is 10.1. The van der Waals surface area contributed by atoms with Gasteiger partial charge in [0.1, 0.15) is 6.61 Å². The molecule has 3 aromatic rings. The maximum Gasteiger partial charge on any atom is 0.338 e. The number of rotatable bonds is 3. The molecule has 1 heterocycles. The fourth-order valence-electron chi connectivity index (χ4n) is 2.39. The zero-order valence-corrected chi connectivity index (χ0v) is 13.1. The van der Waals surface area contributed by atoms with E-state index in [-0.39, 0.29) is 12.2 Å². The van der Waals surface area contributed by atoms with Crippen LogP contribution in [0.4, 0.5) is 0 Å². The van der Waals surface area contributed by atoms with E-state index in [1.165, 1.54) is 0 Å². The Kier molecular flexibility index (Phi) is 3.98. The van der Waals surface area contributed by atoms with Crippen LogP contribution in [0.5, 0.6) is 0 Å². The van der Waals surface area contributed by atoms with E-state index >= 15 is 0 Å². The quantitative estimate of drug-likeness (QED) is 0.753. The van der Waals surface area contributed by atoms with E-state index in [0.717, 1.165) is 22.0 Å². The van der Waals surface area contributed by atoms with Crippen molar-refractivity contribution < 1.29 is 9.53 Å². The van der Waals surface area contributed by atoms with Crippen LogP contribution in [0.15, 0.2) is 53.3 Å². The normalized spacial score (nSPS) is 10.7. The smallest absolute Gasteiger partial charge is 0.338 e. The van der Waals surface area contributed by atoms with Gasteiger partial charge in [0.05, 0.1) is 11.1 Å². The lowest BCUT2D eigenvalue weighted by molar-refractivity contribution is 0.0471. The molecule has 0 saturated heterocycles. The van der Waals surface area contributed by atoms with E-state index in [4.69, 9.17) is 4.74 Å². The predicted molar refractivity (Wildman–Crippen MR) is 89.6 cm³/mol. The third-order valence-corrected chi connectivity index (χ3v) is 3.72. The average molecular weight is 307 g/mol. The van der Waals surface area contributed by atoms with E-state index in [1.807, 2.05) is 44.2 Å². The first-order chi connectivity index (χ1) is 11.0. The van der Waals surface area contributed by atoms with Crippen LogP contribution in [0.25, 0.3) is 10.9 Å². The second kappa shape index (κ2) is 6.08. The number of benzene rings is 2. The number of aromatic nitrogens is 1. The summed E-state index contributed by atoms with van der Waals surface area (Å²) < 4.78 is 5.26. The second-order valence-electron chi connectivity index (χ2n) is 5.66. The van der Waals surface area contributed by atoms with Crippen LogP contribution in [-0.4, -0.2) is 11.0 Å². The molecular weight excluding hydrogens is 290 g/mol. The summed E-state index contributed by atoms with van der Waals surface area (Å²) in [5.74, 6) is -0.436. The summed E-state index contributed by atoms with van der Waals surface area (Å²) in [5.41, 5.74) is 3.62.